The van der Waals surface area contributed by atoms with Gasteiger partial charge in [0.2, 0.25) is 0 Å². The van der Waals surface area contributed by atoms with E-state index in [1.165, 1.54) is 37.5 Å². The number of aromatic nitrogens is 2. The van der Waals surface area contributed by atoms with Crippen LogP contribution in [0.15, 0.2) is 42.6 Å². The van der Waals surface area contributed by atoms with Crippen molar-refractivity contribution in [3.63, 3.8) is 0 Å². The summed E-state index contributed by atoms with van der Waals surface area (Å²) in [5.41, 5.74) is 6.18. The van der Waals surface area contributed by atoms with Gasteiger partial charge in [-0.15, -0.1) is 0 Å². The third-order valence-corrected chi connectivity index (χ3v) is 4.94. The van der Waals surface area contributed by atoms with E-state index in [0.29, 0.717) is 11.5 Å². The predicted octanol–water partition coefficient (Wildman–Crippen LogP) is 4.01. The minimum atomic E-state index is -0.334. The Kier molecular flexibility index (Phi) is 3.81. The number of ether oxygens (including phenoxy) is 1. The van der Waals surface area contributed by atoms with Crippen molar-refractivity contribution in [1.82, 2.24) is 9.97 Å². The third kappa shape index (κ3) is 2.58. The van der Waals surface area contributed by atoms with Gasteiger partial charge in [0.15, 0.2) is 0 Å². The fourth-order valence-corrected chi connectivity index (χ4v) is 3.80. The molecule has 24 heavy (non-hydrogen) atoms. The molecule has 1 atom stereocenters. The second-order valence-electron chi connectivity index (χ2n) is 6.40. The number of methoxy groups -OCH3 is 1. The van der Waals surface area contributed by atoms with E-state index in [1.54, 1.807) is 12.3 Å². The van der Waals surface area contributed by atoms with E-state index in [-0.39, 0.29) is 5.97 Å². The number of esters is 1. The maximum Gasteiger partial charge on any atom is 0.340 e. The monoisotopic (exact) mass is 320 g/mol. The van der Waals surface area contributed by atoms with Crippen LogP contribution in [0.4, 0.5) is 0 Å². The van der Waals surface area contributed by atoms with Gasteiger partial charge in [-0.3, -0.25) is 4.98 Å². The number of hydrogen-bond donors (Lipinski definition) is 1. The zero-order valence-electron chi connectivity index (χ0n) is 13.7. The zero-order valence-corrected chi connectivity index (χ0v) is 13.7. The molecule has 0 amide bonds. The Labute approximate surface area is 140 Å². The number of carbonyl (C=O) groups is 1. The Morgan fingerprint density at radius 3 is 3.08 bits per heavy atom. The van der Waals surface area contributed by atoms with Crippen molar-refractivity contribution < 1.29 is 9.53 Å². The molecule has 3 aromatic rings. The molecule has 1 unspecified atom stereocenters. The van der Waals surface area contributed by atoms with Gasteiger partial charge >= 0.3 is 5.97 Å². The van der Waals surface area contributed by atoms with Crippen molar-refractivity contribution in [2.24, 2.45) is 0 Å². The second-order valence-corrected chi connectivity index (χ2v) is 6.40. The number of aryl methyl sites for hydroxylation is 1. The number of benzene rings is 1. The van der Waals surface area contributed by atoms with Crippen LogP contribution in [-0.2, 0) is 17.6 Å². The van der Waals surface area contributed by atoms with Crippen LogP contribution in [0.25, 0.3) is 11.0 Å². The maximum atomic E-state index is 11.9. The summed E-state index contributed by atoms with van der Waals surface area (Å²) in [5.74, 6) is 0.184. The number of carbonyl (C=O) groups excluding carboxylic acids is 1. The highest BCUT2D eigenvalue weighted by atomic mass is 16.5. The standard InChI is InChI=1S/C20H20N2O2/c1-24-20(23)17-9-10-21-18-12-15(22-19(17)18)11-14-7-4-6-13-5-2-3-8-16(13)14/h2-3,5,8-10,12,14,22H,4,6-7,11H2,1H3. The SMILES string of the molecule is COC(=O)c1ccnc2cc(CC3CCCc4ccccc43)[nH]c12. The van der Waals surface area contributed by atoms with Gasteiger partial charge in [-0.05, 0) is 54.9 Å². The second kappa shape index (κ2) is 6.11. The molecule has 0 fully saturated rings. The molecule has 1 aliphatic carbocycles. The molecule has 0 bridgehead atoms. The highest BCUT2D eigenvalue weighted by Crippen LogP contribution is 2.34. The summed E-state index contributed by atoms with van der Waals surface area (Å²) >= 11 is 0. The van der Waals surface area contributed by atoms with Gasteiger partial charge in [0, 0.05) is 11.9 Å². The molecule has 1 aromatic carbocycles. The molecule has 0 radical (unpaired) electrons. The molecule has 1 N–H and O–H groups in total. The average molecular weight is 320 g/mol. The number of nitrogens with one attached hydrogen (secondary N) is 1. The van der Waals surface area contributed by atoms with Crippen molar-refractivity contribution in [2.45, 2.75) is 31.6 Å². The fraction of sp³-hybridized carbons (Fsp3) is 0.300. The summed E-state index contributed by atoms with van der Waals surface area (Å²) in [6.07, 6.45) is 6.20. The molecule has 4 heteroatoms. The summed E-state index contributed by atoms with van der Waals surface area (Å²) in [7, 11) is 1.40. The number of nitrogens with zero attached hydrogens (tertiary/aromatic N) is 1. The van der Waals surface area contributed by atoms with Crippen molar-refractivity contribution in [3.05, 3.63) is 65.0 Å². The van der Waals surface area contributed by atoms with Gasteiger partial charge in [0.1, 0.15) is 0 Å². The minimum absolute atomic E-state index is 0.334. The first kappa shape index (κ1) is 14.9. The van der Waals surface area contributed by atoms with E-state index < -0.39 is 0 Å². The van der Waals surface area contributed by atoms with Gasteiger partial charge in [-0.2, -0.15) is 0 Å². The van der Waals surface area contributed by atoms with Gasteiger partial charge in [-0.25, -0.2) is 4.79 Å². The smallest absolute Gasteiger partial charge is 0.340 e. The summed E-state index contributed by atoms with van der Waals surface area (Å²) < 4.78 is 4.86. The van der Waals surface area contributed by atoms with Crippen LogP contribution in [0, 0.1) is 0 Å². The molecule has 122 valence electrons. The lowest BCUT2D eigenvalue weighted by molar-refractivity contribution is 0.0602. The van der Waals surface area contributed by atoms with E-state index in [2.05, 4.69) is 40.3 Å². The first-order chi connectivity index (χ1) is 11.8. The van der Waals surface area contributed by atoms with Crippen LogP contribution in [-0.4, -0.2) is 23.0 Å². The molecule has 2 aromatic heterocycles. The number of aromatic amines is 1. The van der Waals surface area contributed by atoms with Crippen LogP contribution in [0.1, 0.15) is 45.9 Å². The molecule has 0 saturated heterocycles. The van der Waals surface area contributed by atoms with Gasteiger partial charge in [-0.1, -0.05) is 24.3 Å². The lowest BCUT2D eigenvalue weighted by Crippen LogP contribution is -2.12. The number of hydrogen-bond acceptors (Lipinski definition) is 3. The van der Waals surface area contributed by atoms with E-state index in [4.69, 9.17) is 4.74 Å². The Morgan fingerprint density at radius 2 is 2.21 bits per heavy atom. The molecular formula is C20H20N2O2. The molecule has 0 aliphatic heterocycles. The van der Waals surface area contributed by atoms with Gasteiger partial charge in [0.25, 0.3) is 0 Å². The van der Waals surface area contributed by atoms with Gasteiger partial charge in [0.05, 0.1) is 23.7 Å². The molecule has 4 nitrogen and oxygen atoms in total. The Bertz CT molecular complexity index is 898. The lowest BCUT2D eigenvalue weighted by atomic mass is 9.80. The molecule has 1 aliphatic rings. The highest BCUT2D eigenvalue weighted by molar-refractivity contribution is 6.01. The summed E-state index contributed by atoms with van der Waals surface area (Å²) in [6, 6.07) is 12.5. The Morgan fingerprint density at radius 1 is 1.33 bits per heavy atom. The topological polar surface area (TPSA) is 55.0 Å². The van der Waals surface area contributed by atoms with E-state index in [9.17, 15) is 4.79 Å². The van der Waals surface area contributed by atoms with Crippen molar-refractivity contribution >= 4 is 17.0 Å². The van der Waals surface area contributed by atoms with Crippen molar-refractivity contribution in [3.8, 4) is 0 Å². The number of H-pyrrole nitrogens is 1. The predicted molar refractivity (Wildman–Crippen MR) is 93.3 cm³/mol. The normalized spacial score (nSPS) is 16.8. The number of fused-ring (bicyclic) bond motifs is 2. The molecular weight excluding hydrogens is 300 g/mol. The van der Waals surface area contributed by atoms with E-state index >= 15 is 0 Å². The van der Waals surface area contributed by atoms with Crippen LogP contribution in [0.5, 0.6) is 0 Å². The third-order valence-electron chi connectivity index (χ3n) is 4.94. The van der Waals surface area contributed by atoms with Crippen LogP contribution < -0.4 is 0 Å². The van der Waals surface area contributed by atoms with Crippen molar-refractivity contribution in [2.75, 3.05) is 7.11 Å². The maximum absolute atomic E-state index is 11.9. The molecule has 0 spiro atoms. The zero-order chi connectivity index (χ0) is 16.5. The Balaban J connectivity index is 1.68. The fourth-order valence-electron chi connectivity index (χ4n) is 3.80. The number of pyridine rings is 1. The van der Waals surface area contributed by atoms with E-state index in [1.807, 2.05) is 0 Å². The summed E-state index contributed by atoms with van der Waals surface area (Å²) in [5, 5.41) is 0. The quantitative estimate of drug-likeness (QED) is 0.742. The van der Waals surface area contributed by atoms with E-state index in [0.717, 1.165) is 23.1 Å². The van der Waals surface area contributed by atoms with Crippen LogP contribution in [0.2, 0.25) is 0 Å². The first-order valence-corrected chi connectivity index (χ1v) is 8.39. The van der Waals surface area contributed by atoms with Crippen LogP contribution >= 0.6 is 0 Å². The minimum Gasteiger partial charge on any atom is -0.465 e. The summed E-state index contributed by atoms with van der Waals surface area (Å²) in [6.45, 7) is 0. The first-order valence-electron chi connectivity index (χ1n) is 8.39. The largest absolute Gasteiger partial charge is 0.465 e. The molecule has 0 saturated carbocycles. The molecule has 2 heterocycles. The highest BCUT2D eigenvalue weighted by Gasteiger charge is 2.21. The average Bonchev–Trinajstić information content (AvgIpc) is 3.03. The number of rotatable bonds is 3. The molecule has 4 rings (SSSR count). The lowest BCUT2D eigenvalue weighted by Gasteiger charge is -2.25. The van der Waals surface area contributed by atoms with Gasteiger partial charge < -0.3 is 9.72 Å². The van der Waals surface area contributed by atoms with Crippen LogP contribution in [0.3, 0.4) is 0 Å². The Hall–Kier alpha value is -2.62. The van der Waals surface area contributed by atoms with Crippen molar-refractivity contribution in [1.29, 1.82) is 0 Å². The summed E-state index contributed by atoms with van der Waals surface area (Å²) in [4.78, 5) is 19.7.